The molecule has 0 spiro atoms. The van der Waals surface area contributed by atoms with Crippen molar-refractivity contribution in [2.75, 3.05) is 14.2 Å². The summed E-state index contributed by atoms with van der Waals surface area (Å²) in [5, 5.41) is 0.0779. The highest BCUT2D eigenvalue weighted by molar-refractivity contribution is 6.21. The largest absolute Gasteiger partial charge is 0.493 e. The van der Waals surface area contributed by atoms with E-state index in [1.54, 1.807) is 14.2 Å². The van der Waals surface area contributed by atoms with E-state index in [2.05, 4.69) is 13.0 Å². The highest BCUT2D eigenvalue weighted by atomic mass is 35.5. The van der Waals surface area contributed by atoms with Crippen molar-refractivity contribution in [2.45, 2.75) is 44.4 Å². The van der Waals surface area contributed by atoms with Gasteiger partial charge < -0.3 is 9.47 Å². The van der Waals surface area contributed by atoms with Crippen molar-refractivity contribution in [1.29, 1.82) is 0 Å². The highest BCUT2D eigenvalue weighted by Gasteiger charge is 2.40. The van der Waals surface area contributed by atoms with Crippen LogP contribution in [0.15, 0.2) is 12.1 Å². The molecule has 1 aromatic carbocycles. The van der Waals surface area contributed by atoms with E-state index in [9.17, 15) is 0 Å². The topological polar surface area (TPSA) is 18.5 Å². The van der Waals surface area contributed by atoms with E-state index in [1.165, 1.54) is 36.8 Å². The van der Waals surface area contributed by atoms with Crippen LogP contribution in [0.2, 0.25) is 0 Å². The quantitative estimate of drug-likeness (QED) is 0.703. The van der Waals surface area contributed by atoms with Crippen LogP contribution in [0.4, 0.5) is 0 Å². The molecule has 4 unspecified atom stereocenters. The second-order valence-corrected chi connectivity index (χ2v) is 7.23. The number of hydrogen-bond acceptors (Lipinski definition) is 2. The monoisotopic (exact) mass is 308 g/mol. The fourth-order valence-corrected chi connectivity index (χ4v) is 4.86. The zero-order chi connectivity index (χ0) is 15.0. The minimum atomic E-state index is 0.0779. The standard InChI is InChI=1S/C18H25ClO2/c1-11-6-17(20-2)18(21-3)10-15(11)16(19)9-14-8-12-4-5-13(14)7-12/h6,10,12-14,16H,4-5,7-9H2,1-3H3. The molecule has 0 aromatic heterocycles. The number of alkyl halides is 1. The molecule has 0 radical (unpaired) electrons. The molecule has 0 aliphatic heterocycles. The predicted octanol–water partition coefficient (Wildman–Crippen LogP) is 5.12. The molecule has 2 bridgehead atoms. The van der Waals surface area contributed by atoms with Crippen molar-refractivity contribution in [3.05, 3.63) is 23.3 Å². The molecule has 2 fully saturated rings. The Morgan fingerprint density at radius 2 is 1.86 bits per heavy atom. The third-order valence-corrected chi connectivity index (χ3v) is 5.92. The number of methoxy groups -OCH3 is 2. The first-order valence-electron chi connectivity index (χ1n) is 7.99. The second kappa shape index (κ2) is 6.08. The number of aryl methyl sites for hydroxylation is 1. The van der Waals surface area contributed by atoms with Gasteiger partial charge in [-0.2, -0.15) is 0 Å². The predicted molar refractivity (Wildman–Crippen MR) is 86.4 cm³/mol. The molecule has 116 valence electrons. The van der Waals surface area contributed by atoms with E-state index in [0.29, 0.717) is 0 Å². The molecule has 4 atom stereocenters. The number of ether oxygens (including phenoxy) is 2. The Labute approximate surface area is 132 Å². The normalized spacial score (nSPS) is 28.7. The first-order valence-corrected chi connectivity index (χ1v) is 8.42. The van der Waals surface area contributed by atoms with Crippen LogP contribution in [0.5, 0.6) is 11.5 Å². The van der Waals surface area contributed by atoms with E-state index in [0.717, 1.165) is 35.7 Å². The molecule has 2 aliphatic carbocycles. The zero-order valence-electron chi connectivity index (χ0n) is 13.2. The van der Waals surface area contributed by atoms with Gasteiger partial charge in [0.2, 0.25) is 0 Å². The Bertz CT molecular complexity index is 514. The van der Waals surface area contributed by atoms with Crippen LogP contribution in [-0.2, 0) is 0 Å². The molecular formula is C18H25ClO2. The molecule has 3 rings (SSSR count). The fourth-order valence-electron chi connectivity index (χ4n) is 4.39. The Morgan fingerprint density at radius 3 is 2.43 bits per heavy atom. The smallest absolute Gasteiger partial charge is 0.161 e. The number of hydrogen-bond donors (Lipinski definition) is 0. The molecule has 3 heteroatoms. The van der Waals surface area contributed by atoms with Crippen LogP contribution < -0.4 is 9.47 Å². The van der Waals surface area contributed by atoms with E-state index in [-0.39, 0.29) is 5.38 Å². The summed E-state index contributed by atoms with van der Waals surface area (Å²) < 4.78 is 10.8. The maximum atomic E-state index is 6.76. The van der Waals surface area contributed by atoms with Gasteiger partial charge in [0.15, 0.2) is 11.5 Å². The Kier molecular flexibility index (Phi) is 4.35. The van der Waals surface area contributed by atoms with Crippen molar-refractivity contribution in [3.63, 3.8) is 0 Å². The van der Waals surface area contributed by atoms with E-state index >= 15 is 0 Å². The number of halogens is 1. The summed E-state index contributed by atoms with van der Waals surface area (Å²) in [7, 11) is 3.35. The van der Waals surface area contributed by atoms with Gasteiger partial charge >= 0.3 is 0 Å². The summed E-state index contributed by atoms with van der Waals surface area (Å²) in [6.07, 6.45) is 6.80. The second-order valence-electron chi connectivity index (χ2n) is 6.70. The van der Waals surface area contributed by atoms with Gasteiger partial charge in [-0.1, -0.05) is 6.42 Å². The Hall–Kier alpha value is -0.890. The average Bonchev–Trinajstić information content (AvgIpc) is 3.09. The lowest BCUT2D eigenvalue weighted by Crippen LogP contribution is -2.13. The molecule has 0 amide bonds. The number of fused-ring (bicyclic) bond motifs is 2. The maximum Gasteiger partial charge on any atom is 0.161 e. The minimum absolute atomic E-state index is 0.0779. The van der Waals surface area contributed by atoms with Gasteiger partial charge in [-0.25, -0.2) is 0 Å². The highest BCUT2D eigenvalue weighted by Crippen LogP contribution is 2.52. The maximum absolute atomic E-state index is 6.76. The Morgan fingerprint density at radius 1 is 1.14 bits per heavy atom. The van der Waals surface area contributed by atoms with Crippen LogP contribution in [0.1, 0.15) is 48.6 Å². The average molecular weight is 309 g/mol. The SMILES string of the molecule is COc1cc(C)c(C(Cl)CC2CC3CCC2C3)cc1OC. The molecule has 0 heterocycles. The fraction of sp³-hybridized carbons (Fsp3) is 0.667. The van der Waals surface area contributed by atoms with Gasteiger partial charge in [-0.3, -0.25) is 0 Å². The van der Waals surface area contributed by atoms with E-state index in [4.69, 9.17) is 21.1 Å². The van der Waals surface area contributed by atoms with Gasteiger partial charge in [0.05, 0.1) is 19.6 Å². The summed E-state index contributed by atoms with van der Waals surface area (Å²) in [5.74, 6) is 4.28. The van der Waals surface area contributed by atoms with E-state index in [1.807, 2.05) is 6.07 Å². The van der Waals surface area contributed by atoms with E-state index < -0.39 is 0 Å². The number of rotatable bonds is 5. The molecule has 0 saturated heterocycles. The van der Waals surface area contributed by atoms with Crippen LogP contribution in [0, 0.1) is 24.7 Å². The lowest BCUT2D eigenvalue weighted by molar-refractivity contribution is 0.311. The van der Waals surface area contributed by atoms with Crippen LogP contribution >= 0.6 is 11.6 Å². The van der Waals surface area contributed by atoms with Crippen LogP contribution in [0.3, 0.4) is 0 Å². The van der Waals surface area contributed by atoms with Crippen molar-refractivity contribution >= 4 is 11.6 Å². The summed E-state index contributed by atoms with van der Waals surface area (Å²) in [4.78, 5) is 0. The van der Waals surface area contributed by atoms with Crippen molar-refractivity contribution in [1.82, 2.24) is 0 Å². The lowest BCUT2D eigenvalue weighted by atomic mass is 9.84. The molecule has 2 aliphatic rings. The molecule has 2 nitrogen and oxygen atoms in total. The van der Waals surface area contributed by atoms with Crippen LogP contribution in [0.25, 0.3) is 0 Å². The van der Waals surface area contributed by atoms with Gasteiger partial charge in [0.25, 0.3) is 0 Å². The third-order valence-electron chi connectivity index (χ3n) is 5.50. The first-order chi connectivity index (χ1) is 10.1. The molecular weight excluding hydrogens is 284 g/mol. The van der Waals surface area contributed by atoms with Gasteiger partial charge in [-0.15, -0.1) is 11.6 Å². The Balaban J connectivity index is 1.76. The summed E-state index contributed by atoms with van der Waals surface area (Å²) in [6, 6.07) is 4.09. The summed E-state index contributed by atoms with van der Waals surface area (Å²) in [6.45, 7) is 2.10. The molecule has 21 heavy (non-hydrogen) atoms. The van der Waals surface area contributed by atoms with Crippen LogP contribution in [-0.4, -0.2) is 14.2 Å². The third kappa shape index (κ3) is 2.88. The van der Waals surface area contributed by atoms with Gasteiger partial charge in [-0.05, 0) is 73.6 Å². The van der Waals surface area contributed by atoms with Gasteiger partial charge in [0, 0.05) is 0 Å². The minimum Gasteiger partial charge on any atom is -0.493 e. The number of benzene rings is 1. The zero-order valence-corrected chi connectivity index (χ0v) is 14.0. The molecule has 2 saturated carbocycles. The van der Waals surface area contributed by atoms with Crippen molar-refractivity contribution in [2.24, 2.45) is 17.8 Å². The summed E-state index contributed by atoms with van der Waals surface area (Å²) in [5.41, 5.74) is 2.38. The summed E-state index contributed by atoms with van der Waals surface area (Å²) >= 11 is 6.76. The molecule has 1 aromatic rings. The first kappa shape index (κ1) is 15.0. The lowest BCUT2D eigenvalue weighted by Gasteiger charge is -2.25. The van der Waals surface area contributed by atoms with Gasteiger partial charge in [0.1, 0.15) is 0 Å². The van der Waals surface area contributed by atoms with Crippen molar-refractivity contribution < 1.29 is 9.47 Å². The molecule has 0 N–H and O–H groups in total. The van der Waals surface area contributed by atoms with Crippen molar-refractivity contribution in [3.8, 4) is 11.5 Å².